The lowest BCUT2D eigenvalue weighted by molar-refractivity contribution is 0.593. The average Bonchev–Trinajstić information content (AvgIpc) is 2.38. The van der Waals surface area contributed by atoms with E-state index < -0.39 is 0 Å². The summed E-state index contributed by atoms with van der Waals surface area (Å²) in [5.41, 5.74) is 8.98. The van der Waals surface area contributed by atoms with Crippen LogP contribution in [0.2, 0.25) is 5.02 Å². The monoisotopic (exact) mass is 389 g/mol. The molecule has 0 saturated heterocycles. The van der Waals surface area contributed by atoms with Crippen LogP contribution in [0.4, 0.5) is 4.39 Å². The van der Waals surface area contributed by atoms with Crippen molar-refractivity contribution in [1.29, 1.82) is 0 Å². The number of hydrogen-bond donors (Lipinski definition) is 1. The van der Waals surface area contributed by atoms with Crippen molar-refractivity contribution in [2.24, 2.45) is 5.73 Å². The lowest BCUT2D eigenvalue weighted by Crippen LogP contribution is -2.16. The highest BCUT2D eigenvalue weighted by Gasteiger charge is 2.15. The van der Waals surface area contributed by atoms with Crippen molar-refractivity contribution in [2.45, 2.75) is 19.4 Å². The van der Waals surface area contributed by atoms with Gasteiger partial charge in [-0.1, -0.05) is 41.9 Å². The van der Waals surface area contributed by atoms with Gasteiger partial charge in [-0.2, -0.15) is 0 Å². The summed E-state index contributed by atoms with van der Waals surface area (Å²) in [7, 11) is 0. The topological polar surface area (TPSA) is 26.0 Å². The summed E-state index contributed by atoms with van der Waals surface area (Å²) in [4.78, 5) is 0. The molecule has 0 saturated carbocycles. The summed E-state index contributed by atoms with van der Waals surface area (Å²) in [5, 5.41) is 0.142. The largest absolute Gasteiger partial charge is 0.324 e. The van der Waals surface area contributed by atoms with E-state index in [0.717, 1.165) is 9.13 Å². The minimum Gasteiger partial charge on any atom is -0.324 e. The van der Waals surface area contributed by atoms with Crippen LogP contribution >= 0.6 is 34.2 Å². The first-order valence-corrected chi connectivity index (χ1v) is 7.40. The average molecular weight is 390 g/mol. The number of nitrogens with two attached hydrogens (primary N) is 1. The molecule has 1 unspecified atom stereocenters. The Morgan fingerprint density at radius 3 is 2.68 bits per heavy atom. The molecule has 1 atom stereocenters. The van der Waals surface area contributed by atoms with Crippen molar-refractivity contribution < 1.29 is 4.39 Å². The number of hydrogen-bond acceptors (Lipinski definition) is 1. The molecular formula is C15H14ClFIN. The Hall–Kier alpha value is -0.650. The van der Waals surface area contributed by atoms with Crippen LogP contribution in [0.15, 0.2) is 36.4 Å². The van der Waals surface area contributed by atoms with Gasteiger partial charge >= 0.3 is 0 Å². The molecule has 2 aromatic carbocycles. The molecule has 0 aliphatic heterocycles. The zero-order valence-corrected chi connectivity index (χ0v) is 13.4. The third kappa shape index (κ3) is 3.27. The molecule has 1 nitrogen and oxygen atoms in total. The molecule has 0 spiro atoms. The lowest BCUT2D eigenvalue weighted by atomic mass is 9.98. The fourth-order valence-corrected chi connectivity index (χ4v) is 2.96. The van der Waals surface area contributed by atoms with Crippen molar-refractivity contribution >= 4 is 34.2 Å². The van der Waals surface area contributed by atoms with Crippen LogP contribution in [0, 0.1) is 16.3 Å². The van der Waals surface area contributed by atoms with Crippen molar-refractivity contribution in [1.82, 2.24) is 0 Å². The predicted molar refractivity (Wildman–Crippen MR) is 85.9 cm³/mol. The SMILES string of the molecule is Cc1cccc(C(N)Cc2cccc(Cl)c2F)c1I. The highest BCUT2D eigenvalue weighted by atomic mass is 127. The summed E-state index contributed by atoms with van der Waals surface area (Å²) < 4.78 is 15.0. The number of benzene rings is 2. The highest BCUT2D eigenvalue weighted by Crippen LogP contribution is 2.26. The highest BCUT2D eigenvalue weighted by molar-refractivity contribution is 14.1. The minimum absolute atomic E-state index is 0.142. The quantitative estimate of drug-likeness (QED) is 0.761. The van der Waals surface area contributed by atoms with Crippen molar-refractivity contribution in [3.8, 4) is 0 Å². The van der Waals surface area contributed by atoms with Gasteiger partial charge in [0.1, 0.15) is 5.82 Å². The van der Waals surface area contributed by atoms with Gasteiger partial charge in [0.2, 0.25) is 0 Å². The Bertz CT molecular complexity index is 601. The Labute approximate surface area is 131 Å². The molecule has 100 valence electrons. The molecule has 2 rings (SSSR count). The smallest absolute Gasteiger partial charge is 0.145 e. The Kier molecular flexibility index (Phi) is 4.81. The minimum atomic E-state index is -0.373. The molecule has 0 fully saturated rings. The van der Waals surface area contributed by atoms with Gasteiger partial charge in [0.05, 0.1) is 5.02 Å². The molecule has 0 radical (unpaired) electrons. The van der Waals surface area contributed by atoms with Crippen LogP contribution in [0.5, 0.6) is 0 Å². The molecule has 0 bridgehead atoms. The maximum absolute atomic E-state index is 13.9. The zero-order chi connectivity index (χ0) is 14.0. The molecular weight excluding hydrogens is 376 g/mol. The standard InChI is InChI=1S/C15H14ClFIN/c1-9-4-2-6-11(15(9)18)13(19)8-10-5-3-7-12(16)14(10)17/h2-7,13H,8,19H2,1H3. The molecule has 0 heterocycles. The second-order valence-corrected chi connectivity index (χ2v) is 5.99. The maximum atomic E-state index is 13.9. The van der Waals surface area contributed by atoms with Crippen LogP contribution < -0.4 is 5.73 Å². The molecule has 0 aromatic heterocycles. The third-order valence-electron chi connectivity index (χ3n) is 3.09. The Morgan fingerprint density at radius 1 is 1.26 bits per heavy atom. The number of rotatable bonds is 3. The van der Waals surface area contributed by atoms with Gasteiger partial charge in [0, 0.05) is 9.61 Å². The normalized spacial score (nSPS) is 12.5. The van der Waals surface area contributed by atoms with Crippen molar-refractivity contribution in [3.05, 3.63) is 67.5 Å². The van der Waals surface area contributed by atoms with E-state index in [9.17, 15) is 4.39 Å². The first-order valence-electron chi connectivity index (χ1n) is 5.94. The van der Waals surface area contributed by atoms with E-state index in [1.54, 1.807) is 18.2 Å². The summed E-state index contributed by atoms with van der Waals surface area (Å²) in [6.07, 6.45) is 0.436. The van der Waals surface area contributed by atoms with Crippen LogP contribution in [0.25, 0.3) is 0 Å². The van der Waals surface area contributed by atoms with E-state index in [1.807, 2.05) is 25.1 Å². The van der Waals surface area contributed by atoms with E-state index in [4.69, 9.17) is 17.3 Å². The first-order chi connectivity index (χ1) is 9.00. The Balaban J connectivity index is 2.28. The lowest BCUT2D eigenvalue weighted by Gasteiger charge is -2.16. The molecule has 2 aromatic rings. The first kappa shape index (κ1) is 14.8. The van der Waals surface area contributed by atoms with Gasteiger partial charge < -0.3 is 5.73 Å². The summed E-state index contributed by atoms with van der Waals surface area (Å²) in [6.45, 7) is 2.04. The second-order valence-electron chi connectivity index (χ2n) is 4.50. The van der Waals surface area contributed by atoms with Gasteiger partial charge in [-0.25, -0.2) is 4.39 Å². The van der Waals surface area contributed by atoms with E-state index in [-0.39, 0.29) is 16.9 Å². The van der Waals surface area contributed by atoms with E-state index in [0.29, 0.717) is 12.0 Å². The van der Waals surface area contributed by atoms with Crippen molar-refractivity contribution in [3.63, 3.8) is 0 Å². The number of halogens is 3. The molecule has 19 heavy (non-hydrogen) atoms. The van der Waals surface area contributed by atoms with Gasteiger partial charge in [-0.05, 0) is 58.7 Å². The number of aryl methyl sites for hydroxylation is 1. The van der Waals surface area contributed by atoms with Crippen LogP contribution in [0.3, 0.4) is 0 Å². The predicted octanol–water partition coefficient (Wildman–Crippen LogP) is 4.63. The zero-order valence-electron chi connectivity index (χ0n) is 10.5. The van der Waals surface area contributed by atoms with E-state index in [1.165, 1.54) is 5.56 Å². The molecule has 2 N–H and O–H groups in total. The van der Waals surface area contributed by atoms with Crippen LogP contribution in [-0.4, -0.2) is 0 Å². The van der Waals surface area contributed by atoms with Crippen LogP contribution in [-0.2, 0) is 6.42 Å². The van der Waals surface area contributed by atoms with Crippen LogP contribution in [0.1, 0.15) is 22.7 Å². The van der Waals surface area contributed by atoms with E-state index in [2.05, 4.69) is 22.6 Å². The van der Waals surface area contributed by atoms with Crippen molar-refractivity contribution in [2.75, 3.05) is 0 Å². The maximum Gasteiger partial charge on any atom is 0.145 e. The Morgan fingerprint density at radius 2 is 1.95 bits per heavy atom. The van der Waals surface area contributed by atoms with Gasteiger partial charge in [0.15, 0.2) is 0 Å². The van der Waals surface area contributed by atoms with E-state index >= 15 is 0 Å². The fraction of sp³-hybridized carbons (Fsp3) is 0.200. The molecule has 4 heteroatoms. The van der Waals surface area contributed by atoms with Gasteiger partial charge in [-0.15, -0.1) is 0 Å². The molecule has 0 aliphatic rings. The fourth-order valence-electron chi connectivity index (χ4n) is 2.01. The van der Waals surface area contributed by atoms with Gasteiger partial charge in [0.25, 0.3) is 0 Å². The molecule has 0 aliphatic carbocycles. The van der Waals surface area contributed by atoms with Gasteiger partial charge in [-0.3, -0.25) is 0 Å². The third-order valence-corrected chi connectivity index (χ3v) is 4.86. The molecule has 0 amide bonds. The summed E-state index contributed by atoms with van der Waals surface area (Å²) in [6, 6.07) is 10.8. The summed E-state index contributed by atoms with van der Waals surface area (Å²) in [5.74, 6) is -0.373. The summed E-state index contributed by atoms with van der Waals surface area (Å²) >= 11 is 8.06. The second kappa shape index (κ2) is 6.20.